The Balaban J connectivity index is 2.67. The fourth-order valence-electron chi connectivity index (χ4n) is 1.07. The summed E-state index contributed by atoms with van der Waals surface area (Å²) in [6.07, 6.45) is 3.49. The Kier molecular flexibility index (Phi) is 2.67. The molecule has 0 aliphatic carbocycles. The summed E-state index contributed by atoms with van der Waals surface area (Å²) >= 11 is 0. The van der Waals surface area contributed by atoms with Crippen molar-refractivity contribution in [1.82, 2.24) is 15.2 Å². The lowest BCUT2D eigenvalue weighted by molar-refractivity contribution is -0.130. The van der Waals surface area contributed by atoms with Crippen molar-refractivity contribution < 1.29 is 4.79 Å². The van der Waals surface area contributed by atoms with Crippen LogP contribution in [-0.4, -0.2) is 15.7 Å². The highest BCUT2D eigenvalue weighted by Crippen LogP contribution is 2.16. The number of hydrogen-bond acceptors (Lipinski definition) is 3. The molecule has 0 spiro atoms. The largest absolute Gasteiger partial charge is 0.294 e. The molecule has 5 nitrogen and oxygen atoms in total. The lowest BCUT2D eigenvalue weighted by atomic mass is 9.93. The molecular weight excluding hydrogens is 168 g/mol. The molecule has 5 heteroatoms. The van der Waals surface area contributed by atoms with E-state index in [4.69, 9.17) is 5.84 Å². The summed E-state index contributed by atoms with van der Waals surface area (Å²) in [6.45, 7) is 4.15. The Hall–Kier alpha value is -1.36. The van der Waals surface area contributed by atoms with Gasteiger partial charge < -0.3 is 0 Å². The third-order valence-corrected chi connectivity index (χ3v) is 1.86. The SMILES string of the molecule is CC(C)(Cn1cccn1)C(=O)NN. The summed E-state index contributed by atoms with van der Waals surface area (Å²) in [6, 6.07) is 1.82. The molecule has 3 N–H and O–H groups in total. The number of aromatic nitrogens is 2. The van der Waals surface area contributed by atoms with Crippen molar-refractivity contribution in [3.05, 3.63) is 18.5 Å². The predicted octanol–water partition coefficient (Wildman–Crippen LogP) is -0.101. The number of carbonyl (C=O) groups is 1. The molecule has 0 bridgehead atoms. The van der Waals surface area contributed by atoms with Crippen molar-refractivity contribution in [2.24, 2.45) is 11.3 Å². The minimum atomic E-state index is -0.541. The van der Waals surface area contributed by atoms with Crippen molar-refractivity contribution in [2.75, 3.05) is 0 Å². The molecule has 0 unspecified atom stereocenters. The van der Waals surface area contributed by atoms with Crippen LogP contribution in [0.5, 0.6) is 0 Å². The van der Waals surface area contributed by atoms with E-state index in [0.717, 1.165) is 0 Å². The molecule has 72 valence electrons. The Morgan fingerprint density at radius 3 is 2.85 bits per heavy atom. The standard InChI is InChI=1S/C8H14N4O/c1-8(2,7(13)11-9)6-12-5-3-4-10-12/h3-5H,6,9H2,1-2H3,(H,11,13). The molecular formula is C8H14N4O. The highest BCUT2D eigenvalue weighted by Gasteiger charge is 2.27. The molecule has 0 aromatic carbocycles. The fraction of sp³-hybridized carbons (Fsp3) is 0.500. The van der Waals surface area contributed by atoms with Gasteiger partial charge in [0, 0.05) is 12.4 Å². The van der Waals surface area contributed by atoms with Crippen LogP contribution in [0.2, 0.25) is 0 Å². The first-order valence-electron chi connectivity index (χ1n) is 4.05. The van der Waals surface area contributed by atoms with Gasteiger partial charge in [-0.3, -0.25) is 14.9 Å². The van der Waals surface area contributed by atoms with Crippen molar-refractivity contribution >= 4 is 5.91 Å². The Bertz CT molecular complexity index is 278. The predicted molar refractivity (Wildman–Crippen MR) is 48.3 cm³/mol. The van der Waals surface area contributed by atoms with Crippen molar-refractivity contribution in [3.63, 3.8) is 0 Å². The van der Waals surface area contributed by atoms with Gasteiger partial charge in [0.1, 0.15) is 0 Å². The van der Waals surface area contributed by atoms with Crippen LogP contribution in [0.4, 0.5) is 0 Å². The van der Waals surface area contributed by atoms with Crippen LogP contribution >= 0.6 is 0 Å². The molecule has 0 aliphatic heterocycles. The van der Waals surface area contributed by atoms with Crippen molar-refractivity contribution in [1.29, 1.82) is 0 Å². The average molecular weight is 182 g/mol. The van der Waals surface area contributed by atoms with Crippen LogP contribution in [0.1, 0.15) is 13.8 Å². The number of amides is 1. The zero-order chi connectivity index (χ0) is 9.90. The average Bonchev–Trinajstić information content (AvgIpc) is 2.54. The highest BCUT2D eigenvalue weighted by atomic mass is 16.2. The van der Waals surface area contributed by atoms with Gasteiger partial charge in [0.2, 0.25) is 5.91 Å². The van der Waals surface area contributed by atoms with Crippen LogP contribution in [0.15, 0.2) is 18.5 Å². The fourth-order valence-corrected chi connectivity index (χ4v) is 1.07. The molecule has 1 heterocycles. The van der Waals surface area contributed by atoms with Crippen LogP contribution in [0.3, 0.4) is 0 Å². The monoisotopic (exact) mass is 182 g/mol. The van der Waals surface area contributed by atoms with Gasteiger partial charge in [-0.15, -0.1) is 0 Å². The molecule has 1 aromatic rings. The van der Waals surface area contributed by atoms with Gasteiger partial charge in [-0.2, -0.15) is 5.10 Å². The topological polar surface area (TPSA) is 72.9 Å². The number of rotatable bonds is 3. The van der Waals surface area contributed by atoms with E-state index in [1.165, 1.54) is 0 Å². The third-order valence-electron chi connectivity index (χ3n) is 1.86. The van der Waals surface area contributed by atoms with E-state index in [-0.39, 0.29) is 5.91 Å². The van der Waals surface area contributed by atoms with Crippen LogP contribution in [0, 0.1) is 5.41 Å². The number of nitrogens with zero attached hydrogens (tertiary/aromatic N) is 2. The summed E-state index contributed by atoms with van der Waals surface area (Å²) in [5.41, 5.74) is 1.60. The van der Waals surface area contributed by atoms with Gasteiger partial charge in [-0.1, -0.05) is 0 Å². The molecule has 0 radical (unpaired) electrons. The van der Waals surface area contributed by atoms with Crippen LogP contribution in [0.25, 0.3) is 0 Å². The zero-order valence-corrected chi connectivity index (χ0v) is 7.82. The van der Waals surface area contributed by atoms with Crippen LogP contribution < -0.4 is 11.3 Å². The van der Waals surface area contributed by atoms with E-state index in [1.54, 1.807) is 10.9 Å². The Morgan fingerprint density at radius 2 is 2.38 bits per heavy atom. The summed E-state index contributed by atoms with van der Waals surface area (Å²) in [7, 11) is 0. The molecule has 1 amide bonds. The second-order valence-electron chi connectivity index (χ2n) is 3.56. The molecule has 0 aliphatic rings. The first-order valence-corrected chi connectivity index (χ1v) is 4.05. The second-order valence-corrected chi connectivity index (χ2v) is 3.56. The normalized spacial score (nSPS) is 11.3. The van der Waals surface area contributed by atoms with Gasteiger partial charge in [-0.05, 0) is 19.9 Å². The first-order chi connectivity index (χ1) is 6.06. The maximum absolute atomic E-state index is 11.3. The van der Waals surface area contributed by atoms with Crippen molar-refractivity contribution in [3.8, 4) is 0 Å². The number of carbonyl (C=O) groups excluding carboxylic acids is 1. The first kappa shape index (κ1) is 9.73. The minimum Gasteiger partial charge on any atom is -0.294 e. The lowest BCUT2D eigenvalue weighted by Gasteiger charge is -2.21. The quantitative estimate of drug-likeness (QED) is 0.389. The number of hydrogen-bond donors (Lipinski definition) is 2. The van der Waals surface area contributed by atoms with Gasteiger partial charge in [-0.25, -0.2) is 5.84 Å². The summed E-state index contributed by atoms with van der Waals surface area (Å²) < 4.78 is 1.70. The smallest absolute Gasteiger partial charge is 0.241 e. The van der Waals surface area contributed by atoms with Gasteiger partial charge >= 0.3 is 0 Å². The second kappa shape index (κ2) is 3.57. The van der Waals surface area contributed by atoms with Gasteiger partial charge in [0.15, 0.2) is 0 Å². The van der Waals surface area contributed by atoms with E-state index >= 15 is 0 Å². The van der Waals surface area contributed by atoms with E-state index in [0.29, 0.717) is 6.54 Å². The summed E-state index contributed by atoms with van der Waals surface area (Å²) in [5.74, 6) is 4.87. The minimum absolute atomic E-state index is 0.192. The Morgan fingerprint density at radius 1 is 1.69 bits per heavy atom. The van der Waals surface area contributed by atoms with Crippen molar-refractivity contribution in [2.45, 2.75) is 20.4 Å². The number of nitrogens with two attached hydrogens (primary N) is 1. The zero-order valence-electron chi connectivity index (χ0n) is 7.82. The Labute approximate surface area is 76.9 Å². The molecule has 13 heavy (non-hydrogen) atoms. The molecule has 0 saturated carbocycles. The van der Waals surface area contributed by atoms with E-state index in [9.17, 15) is 4.79 Å². The van der Waals surface area contributed by atoms with Crippen LogP contribution in [-0.2, 0) is 11.3 Å². The summed E-state index contributed by atoms with van der Waals surface area (Å²) in [4.78, 5) is 11.3. The molecule has 1 rings (SSSR count). The number of nitrogens with one attached hydrogen (secondary N) is 1. The van der Waals surface area contributed by atoms with Gasteiger partial charge in [0.05, 0.1) is 12.0 Å². The lowest BCUT2D eigenvalue weighted by Crippen LogP contribution is -2.43. The number of hydrazine groups is 1. The maximum atomic E-state index is 11.3. The van der Waals surface area contributed by atoms with E-state index < -0.39 is 5.41 Å². The molecule has 0 fully saturated rings. The maximum Gasteiger partial charge on any atom is 0.241 e. The molecule has 0 atom stereocenters. The summed E-state index contributed by atoms with van der Waals surface area (Å²) in [5, 5.41) is 4.01. The third kappa shape index (κ3) is 2.29. The van der Waals surface area contributed by atoms with E-state index in [1.807, 2.05) is 26.1 Å². The molecule has 0 saturated heterocycles. The van der Waals surface area contributed by atoms with Gasteiger partial charge in [0.25, 0.3) is 0 Å². The van der Waals surface area contributed by atoms with E-state index in [2.05, 4.69) is 10.5 Å². The highest BCUT2D eigenvalue weighted by molar-refractivity contribution is 5.81. The molecule has 1 aromatic heterocycles.